The van der Waals surface area contributed by atoms with Crippen molar-refractivity contribution in [2.45, 2.75) is 18.4 Å². The summed E-state index contributed by atoms with van der Waals surface area (Å²) in [5, 5.41) is 11.3. The van der Waals surface area contributed by atoms with Crippen molar-refractivity contribution in [3.8, 4) is 0 Å². The van der Waals surface area contributed by atoms with Crippen molar-refractivity contribution in [1.82, 2.24) is 4.90 Å². The summed E-state index contributed by atoms with van der Waals surface area (Å²) < 4.78 is 40.9. The average molecular weight is 492 g/mol. The molecule has 0 fully saturated rings. The van der Waals surface area contributed by atoms with Crippen molar-refractivity contribution >= 4 is 38.9 Å². The molecule has 0 saturated heterocycles. The topological polar surface area (TPSA) is 110 Å². The predicted octanol–water partition coefficient (Wildman–Crippen LogP) is 4.77. The van der Waals surface area contributed by atoms with Crippen LogP contribution in [0.1, 0.15) is 21.5 Å². The van der Waals surface area contributed by atoms with Crippen LogP contribution < -0.4 is 4.72 Å². The number of nitro groups is 1. The maximum Gasteiger partial charge on any atom is 0.269 e. The third-order valence-electron chi connectivity index (χ3n) is 4.82. The Bertz CT molecular complexity index is 1330. The van der Waals surface area contributed by atoms with Crippen LogP contribution in [0.2, 0.25) is 5.02 Å². The molecule has 1 N–H and O–H groups in total. The summed E-state index contributed by atoms with van der Waals surface area (Å²) >= 11 is 6.10. The molecule has 33 heavy (non-hydrogen) atoms. The van der Waals surface area contributed by atoms with E-state index in [0.717, 1.165) is 12.1 Å². The van der Waals surface area contributed by atoms with Crippen molar-refractivity contribution in [2.75, 3.05) is 11.8 Å². The van der Waals surface area contributed by atoms with Gasteiger partial charge in [0.15, 0.2) is 0 Å². The molecule has 0 bridgehead atoms. The Morgan fingerprint density at radius 3 is 2.39 bits per heavy atom. The van der Waals surface area contributed by atoms with Crippen LogP contribution >= 0.6 is 11.6 Å². The molecule has 0 radical (unpaired) electrons. The van der Waals surface area contributed by atoms with Gasteiger partial charge < -0.3 is 4.90 Å². The van der Waals surface area contributed by atoms with E-state index in [1.165, 1.54) is 67.4 Å². The smallest absolute Gasteiger partial charge is 0.269 e. The van der Waals surface area contributed by atoms with Gasteiger partial charge in [0.1, 0.15) is 5.82 Å². The van der Waals surface area contributed by atoms with Gasteiger partial charge in [-0.25, -0.2) is 12.8 Å². The van der Waals surface area contributed by atoms with E-state index < -0.39 is 20.8 Å². The normalized spacial score (nSPS) is 11.2. The molecule has 8 nitrogen and oxygen atoms in total. The molecular weight excluding hydrogens is 473 g/mol. The molecule has 3 aromatic rings. The van der Waals surface area contributed by atoms with Gasteiger partial charge in [-0.2, -0.15) is 0 Å². The zero-order valence-corrected chi connectivity index (χ0v) is 19.2. The lowest BCUT2D eigenvalue weighted by Crippen LogP contribution is -2.26. The highest BCUT2D eigenvalue weighted by Crippen LogP contribution is 2.24. The summed E-state index contributed by atoms with van der Waals surface area (Å²) in [4.78, 5) is 24.4. The molecule has 172 valence electrons. The minimum atomic E-state index is -3.94. The summed E-state index contributed by atoms with van der Waals surface area (Å²) in [7, 11) is -2.42. The molecule has 0 unspecified atom stereocenters. The lowest BCUT2D eigenvalue weighted by Gasteiger charge is -2.18. The second-order valence-corrected chi connectivity index (χ2v) is 9.38. The average Bonchev–Trinajstić information content (AvgIpc) is 2.76. The number of nitro benzene ring substituents is 1. The first-order valence-electron chi connectivity index (χ1n) is 9.55. The van der Waals surface area contributed by atoms with Crippen molar-refractivity contribution in [2.24, 2.45) is 0 Å². The monoisotopic (exact) mass is 491 g/mol. The molecule has 0 spiro atoms. The number of nitrogens with one attached hydrogen (secondary N) is 1. The van der Waals surface area contributed by atoms with E-state index in [9.17, 15) is 27.7 Å². The van der Waals surface area contributed by atoms with Crippen LogP contribution in [0, 0.1) is 22.9 Å². The number of amides is 1. The second kappa shape index (κ2) is 9.55. The fraction of sp³-hybridized carbons (Fsp3) is 0.136. The maximum absolute atomic E-state index is 13.4. The Kier molecular flexibility index (Phi) is 6.99. The van der Waals surface area contributed by atoms with Crippen LogP contribution in [0.5, 0.6) is 0 Å². The lowest BCUT2D eigenvalue weighted by atomic mass is 10.1. The van der Waals surface area contributed by atoms with Crippen molar-refractivity contribution in [3.63, 3.8) is 0 Å². The number of aryl methyl sites for hydroxylation is 1. The molecule has 1 amide bonds. The zero-order valence-electron chi connectivity index (χ0n) is 17.6. The number of halogens is 2. The summed E-state index contributed by atoms with van der Waals surface area (Å²) in [6.07, 6.45) is 0. The number of anilines is 1. The number of nitrogens with zero attached hydrogens (tertiary/aromatic N) is 2. The fourth-order valence-corrected chi connectivity index (χ4v) is 4.34. The summed E-state index contributed by atoms with van der Waals surface area (Å²) in [6.45, 7) is 1.50. The van der Waals surface area contributed by atoms with Gasteiger partial charge in [0, 0.05) is 42.0 Å². The Morgan fingerprint density at radius 2 is 1.79 bits per heavy atom. The van der Waals surface area contributed by atoms with Gasteiger partial charge in [-0.15, -0.1) is 0 Å². The van der Waals surface area contributed by atoms with E-state index in [-0.39, 0.29) is 39.8 Å². The highest BCUT2D eigenvalue weighted by atomic mass is 35.5. The lowest BCUT2D eigenvalue weighted by molar-refractivity contribution is -0.384. The number of carbonyl (C=O) groups excluding carboxylic acids is 1. The number of hydrogen-bond acceptors (Lipinski definition) is 5. The van der Waals surface area contributed by atoms with Crippen molar-refractivity contribution in [1.29, 1.82) is 0 Å². The summed E-state index contributed by atoms with van der Waals surface area (Å²) in [5.41, 5.74) is 0.979. The molecule has 0 heterocycles. The molecule has 0 aliphatic carbocycles. The van der Waals surface area contributed by atoms with E-state index in [2.05, 4.69) is 4.72 Å². The van der Waals surface area contributed by atoms with Gasteiger partial charge >= 0.3 is 0 Å². The first-order chi connectivity index (χ1) is 15.5. The third-order valence-corrected chi connectivity index (χ3v) is 6.57. The molecule has 11 heteroatoms. The first kappa shape index (κ1) is 24.1. The molecule has 3 rings (SSSR count). The van der Waals surface area contributed by atoms with E-state index >= 15 is 0 Å². The third kappa shape index (κ3) is 5.65. The van der Waals surface area contributed by atoms with E-state index in [1.54, 1.807) is 0 Å². The number of benzene rings is 3. The first-order valence-corrected chi connectivity index (χ1v) is 11.4. The summed E-state index contributed by atoms with van der Waals surface area (Å²) in [6, 6.07) is 13.2. The second-order valence-electron chi connectivity index (χ2n) is 7.29. The van der Waals surface area contributed by atoms with Crippen LogP contribution in [0.25, 0.3) is 0 Å². The van der Waals surface area contributed by atoms with Gasteiger partial charge in [-0.3, -0.25) is 19.6 Å². The Labute approximate surface area is 194 Å². The van der Waals surface area contributed by atoms with Gasteiger partial charge in [0.25, 0.3) is 21.6 Å². The van der Waals surface area contributed by atoms with Crippen molar-refractivity contribution in [3.05, 3.63) is 98.3 Å². The SMILES string of the molecule is Cc1cc(S(=O)(=O)Nc2ccc(C(=O)N(C)Cc3cc([N+](=O)[O-])ccc3Cl)cc2)ccc1F. The Hall–Kier alpha value is -3.50. The van der Waals surface area contributed by atoms with Crippen LogP contribution in [-0.2, 0) is 16.6 Å². The number of non-ortho nitro benzene ring substituents is 1. The van der Waals surface area contributed by atoms with E-state index in [1.807, 2.05) is 0 Å². The number of sulfonamides is 1. The van der Waals surface area contributed by atoms with Gasteiger partial charge in [0.05, 0.1) is 9.82 Å². The quantitative estimate of drug-likeness (QED) is 0.378. The van der Waals surface area contributed by atoms with Crippen LogP contribution in [0.4, 0.5) is 15.8 Å². The number of hydrogen-bond donors (Lipinski definition) is 1. The molecule has 0 aromatic heterocycles. The highest BCUT2D eigenvalue weighted by molar-refractivity contribution is 7.92. The molecule has 0 saturated carbocycles. The maximum atomic E-state index is 13.4. The molecule has 0 aliphatic heterocycles. The number of rotatable bonds is 7. The zero-order chi connectivity index (χ0) is 24.3. The fourth-order valence-electron chi connectivity index (χ4n) is 3.02. The van der Waals surface area contributed by atoms with E-state index in [4.69, 9.17) is 11.6 Å². The Morgan fingerprint density at radius 1 is 1.12 bits per heavy atom. The van der Waals surface area contributed by atoms with Crippen LogP contribution in [0.15, 0.2) is 65.6 Å². The molecule has 3 aromatic carbocycles. The highest BCUT2D eigenvalue weighted by Gasteiger charge is 2.18. The predicted molar refractivity (Wildman–Crippen MR) is 122 cm³/mol. The van der Waals surface area contributed by atoms with E-state index in [0.29, 0.717) is 10.6 Å². The largest absolute Gasteiger partial charge is 0.337 e. The number of carbonyl (C=O) groups is 1. The van der Waals surface area contributed by atoms with Crippen LogP contribution in [-0.4, -0.2) is 31.2 Å². The Balaban J connectivity index is 1.73. The summed E-state index contributed by atoms with van der Waals surface area (Å²) in [5.74, 6) is -0.895. The minimum Gasteiger partial charge on any atom is -0.337 e. The minimum absolute atomic E-state index is 0.0393. The van der Waals surface area contributed by atoms with Crippen molar-refractivity contribution < 1.29 is 22.5 Å². The van der Waals surface area contributed by atoms with Gasteiger partial charge in [-0.1, -0.05) is 11.6 Å². The van der Waals surface area contributed by atoms with Crippen LogP contribution in [0.3, 0.4) is 0 Å². The van der Waals surface area contributed by atoms with Gasteiger partial charge in [0.2, 0.25) is 0 Å². The molecular formula is C22H19ClFN3O5S. The van der Waals surface area contributed by atoms with Gasteiger partial charge in [-0.05, 0) is 66.6 Å². The standard InChI is InChI=1S/C22H19ClFN3O5S/c1-14-11-19(8-10-21(14)24)33(31,32)25-17-5-3-15(4-6-17)22(28)26(2)13-16-12-18(27(29)30)7-9-20(16)23/h3-12,25H,13H2,1-2H3. The molecule has 0 aliphatic rings. The molecule has 0 atom stereocenters.